The molecule has 156 valence electrons. The van der Waals surface area contributed by atoms with Gasteiger partial charge in [-0.25, -0.2) is 0 Å². The summed E-state index contributed by atoms with van der Waals surface area (Å²) < 4.78 is 0. The number of anilines is 2. The van der Waals surface area contributed by atoms with Gasteiger partial charge < -0.3 is 15.2 Å². The third-order valence-corrected chi connectivity index (χ3v) is 5.48. The van der Waals surface area contributed by atoms with Crippen LogP contribution in [0.2, 0.25) is 5.02 Å². The number of benzene rings is 2. The second-order valence-corrected chi connectivity index (χ2v) is 8.06. The van der Waals surface area contributed by atoms with Gasteiger partial charge in [-0.05, 0) is 74.7 Å². The molecule has 0 radical (unpaired) electrons. The Morgan fingerprint density at radius 2 is 1.83 bits per heavy atom. The van der Waals surface area contributed by atoms with E-state index in [1.54, 1.807) is 6.07 Å². The van der Waals surface area contributed by atoms with E-state index in [-0.39, 0.29) is 18.0 Å². The average molecular weight is 424 g/mol. The molecule has 0 saturated carbocycles. The Kier molecular flexibility index (Phi) is 6.32. The highest BCUT2D eigenvalue weighted by molar-refractivity contribution is 6.31. The van der Waals surface area contributed by atoms with Crippen molar-refractivity contribution in [2.45, 2.75) is 34.2 Å². The number of aryl methyl sites for hydroxylation is 3. The van der Waals surface area contributed by atoms with Gasteiger partial charge >= 0.3 is 0 Å². The van der Waals surface area contributed by atoms with E-state index >= 15 is 0 Å². The van der Waals surface area contributed by atoms with Crippen LogP contribution in [-0.2, 0) is 6.54 Å². The molecule has 1 heterocycles. The fourth-order valence-corrected chi connectivity index (χ4v) is 3.80. The standard InChI is InChI=1S/C24H26ClN3O2/c1-14-7-6-8-19(9-14)28(5)22-12-18(25)11-20(17(22)4)23(29)26-13-21-15(2)10-16(3)27-24(21)30/h6-12H,13H2,1-5H3,(H,26,29)(H,27,30). The quantitative estimate of drug-likeness (QED) is 0.609. The zero-order valence-corrected chi connectivity index (χ0v) is 18.6. The number of rotatable bonds is 5. The summed E-state index contributed by atoms with van der Waals surface area (Å²) in [5.41, 5.74) is 6.31. The molecule has 30 heavy (non-hydrogen) atoms. The summed E-state index contributed by atoms with van der Waals surface area (Å²) in [5.74, 6) is -0.270. The van der Waals surface area contributed by atoms with E-state index in [1.165, 1.54) is 0 Å². The Hall–Kier alpha value is -3.05. The maximum Gasteiger partial charge on any atom is 0.253 e. The Labute approximate surface area is 181 Å². The largest absolute Gasteiger partial charge is 0.348 e. The Balaban J connectivity index is 1.89. The predicted molar refractivity (Wildman–Crippen MR) is 123 cm³/mol. The van der Waals surface area contributed by atoms with E-state index in [1.807, 2.05) is 70.0 Å². The second kappa shape index (κ2) is 8.76. The number of aromatic amines is 1. The van der Waals surface area contributed by atoms with Crippen LogP contribution in [0.4, 0.5) is 11.4 Å². The van der Waals surface area contributed by atoms with Crippen molar-refractivity contribution in [1.82, 2.24) is 10.3 Å². The Bertz CT molecular complexity index is 1170. The van der Waals surface area contributed by atoms with Gasteiger partial charge in [-0.1, -0.05) is 23.7 Å². The summed E-state index contributed by atoms with van der Waals surface area (Å²) in [6.45, 7) is 7.78. The minimum absolute atomic E-state index is 0.148. The van der Waals surface area contributed by atoms with E-state index in [4.69, 9.17) is 11.6 Å². The topological polar surface area (TPSA) is 65.2 Å². The normalized spacial score (nSPS) is 10.7. The Morgan fingerprint density at radius 3 is 2.50 bits per heavy atom. The van der Waals surface area contributed by atoms with Crippen molar-refractivity contribution in [3.63, 3.8) is 0 Å². The van der Waals surface area contributed by atoms with Gasteiger partial charge in [0.15, 0.2) is 0 Å². The highest BCUT2D eigenvalue weighted by Gasteiger charge is 2.17. The molecule has 0 spiro atoms. The molecule has 0 fully saturated rings. The SMILES string of the molecule is Cc1cccc(N(C)c2cc(Cl)cc(C(=O)NCc3c(C)cc(C)[nH]c3=O)c2C)c1. The summed E-state index contributed by atoms with van der Waals surface area (Å²) in [5, 5.41) is 3.34. The predicted octanol–water partition coefficient (Wildman–Crippen LogP) is 4.96. The highest BCUT2D eigenvalue weighted by Crippen LogP contribution is 2.32. The van der Waals surface area contributed by atoms with Crippen molar-refractivity contribution in [2.24, 2.45) is 0 Å². The van der Waals surface area contributed by atoms with Crippen LogP contribution < -0.4 is 15.8 Å². The summed E-state index contributed by atoms with van der Waals surface area (Å²) in [4.78, 5) is 30.0. The smallest absolute Gasteiger partial charge is 0.253 e. The number of aromatic nitrogens is 1. The summed E-state index contributed by atoms with van der Waals surface area (Å²) in [6.07, 6.45) is 0. The van der Waals surface area contributed by atoms with E-state index in [2.05, 4.69) is 16.4 Å². The summed E-state index contributed by atoms with van der Waals surface area (Å²) >= 11 is 6.35. The zero-order chi connectivity index (χ0) is 22.0. The maximum absolute atomic E-state index is 12.9. The van der Waals surface area contributed by atoms with Crippen molar-refractivity contribution in [1.29, 1.82) is 0 Å². The molecular weight excluding hydrogens is 398 g/mol. The van der Waals surface area contributed by atoms with E-state index in [9.17, 15) is 9.59 Å². The average Bonchev–Trinajstić information content (AvgIpc) is 2.68. The van der Waals surface area contributed by atoms with Crippen molar-refractivity contribution in [3.8, 4) is 0 Å². The van der Waals surface area contributed by atoms with E-state index < -0.39 is 0 Å². The lowest BCUT2D eigenvalue weighted by Crippen LogP contribution is -2.28. The van der Waals surface area contributed by atoms with Crippen LogP contribution in [0.3, 0.4) is 0 Å². The van der Waals surface area contributed by atoms with Gasteiger partial charge in [0.25, 0.3) is 11.5 Å². The third-order valence-electron chi connectivity index (χ3n) is 5.26. The minimum atomic E-state index is -0.270. The van der Waals surface area contributed by atoms with Gasteiger partial charge in [0.1, 0.15) is 0 Å². The molecule has 0 bridgehead atoms. The van der Waals surface area contributed by atoms with Crippen LogP contribution >= 0.6 is 11.6 Å². The molecule has 0 aliphatic carbocycles. The van der Waals surface area contributed by atoms with Crippen molar-refractivity contribution in [3.05, 3.63) is 91.4 Å². The molecule has 0 saturated heterocycles. The monoisotopic (exact) mass is 423 g/mol. The minimum Gasteiger partial charge on any atom is -0.348 e. The fraction of sp³-hybridized carbons (Fsp3) is 0.250. The molecule has 6 heteroatoms. The molecule has 0 unspecified atom stereocenters. The maximum atomic E-state index is 12.9. The number of amides is 1. The van der Waals surface area contributed by atoms with Crippen molar-refractivity contribution < 1.29 is 4.79 Å². The van der Waals surface area contributed by atoms with Crippen molar-refractivity contribution in [2.75, 3.05) is 11.9 Å². The van der Waals surface area contributed by atoms with Crippen LogP contribution in [-0.4, -0.2) is 17.9 Å². The van der Waals surface area contributed by atoms with Gasteiger partial charge in [-0.3, -0.25) is 9.59 Å². The van der Waals surface area contributed by atoms with Gasteiger partial charge in [0, 0.05) is 46.8 Å². The molecule has 5 nitrogen and oxygen atoms in total. The first-order valence-electron chi connectivity index (χ1n) is 9.75. The van der Waals surface area contributed by atoms with Gasteiger partial charge in [-0.15, -0.1) is 0 Å². The second-order valence-electron chi connectivity index (χ2n) is 7.62. The number of H-pyrrole nitrogens is 1. The fourth-order valence-electron chi connectivity index (χ4n) is 3.59. The number of halogens is 1. The molecule has 0 aliphatic heterocycles. The first-order chi connectivity index (χ1) is 14.2. The zero-order valence-electron chi connectivity index (χ0n) is 17.9. The molecule has 0 atom stereocenters. The third kappa shape index (κ3) is 4.57. The number of hydrogen-bond acceptors (Lipinski definition) is 3. The molecular formula is C24H26ClN3O2. The van der Waals surface area contributed by atoms with Crippen LogP contribution in [0, 0.1) is 27.7 Å². The lowest BCUT2D eigenvalue weighted by molar-refractivity contribution is 0.0950. The highest BCUT2D eigenvalue weighted by atomic mass is 35.5. The number of hydrogen-bond donors (Lipinski definition) is 2. The molecule has 3 aromatic rings. The van der Waals surface area contributed by atoms with E-state index in [0.29, 0.717) is 16.1 Å². The number of carbonyl (C=O) groups is 1. The first-order valence-corrected chi connectivity index (χ1v) is 10.1. The number of nitrogens with one attached hydrogen (secondary N) is 2. The lowest BCUT2D eigenvalue weighted by atomic mass is 10.0. The van der Waals surface area contributed by atoms with E-state index in [0.717, 1.165) is 33.8 Å². The Morgan fingerprint density at radius 1 is 1.10 bits per heavy atom. The number of carbonyl (C=O) groups excluding carboxylic acids is 1. The number of pyridine rings is 1. The molecule has 1 amide bonds. The van der Waals surface area contributed by atoms with Crippen LogP contribution in [0.15, 0.2) is 47.3 Å². The van der Waals surface area contributed by atoms with Crippen LogP contribution in [0.5, 0.6) is 0 Å². The van der Waals surface area contributed by atoms with Gasteiger partial charge in [-0.2, -0.15) is 0 Å². The molecule has 2 N–H and O–H groups in total. The summed E-state index contributed by atoms with van der Waals surface area (Å²) in [6, 6.07) is 13.5. The van der Waals surface area contributed by atoms with Crippen LogP contribution in [0.1, 0.15) is 38.3 Å². The van der Waals surface area contributed by atoms with Gasteiger partial charge in [0.05, 0.1) is 0 Å². The molecule has 3 rings (SSSR count). The van der Waals surface area contributed by atoms with Crippen molar-refractivity contribution >= 4 is 28.9 Å². The van der Waals surface area contributed by atoms with Crippen LogP contribution in [0.25, 0.3) is 0 Å². The molecule has 0 aliphatic rings. The molecule has 1 aromatic heterocycles. The molecule has 2 aromatic carbocycles. The lowest BCUT2D eigenvalue weighted by Gasteiger charge is -2.24. The van der Waals surface area contributed by atoms with Gasteiger partial charge in [0.2, 0.25) is 0 Å². The number of nitrogens with zero attached hydrogens (tertiary/aromatic N) is 1. The first kappa shape index (κ1) is 21.7. The summed E-state index contributed by atoms with van der Waals surface area (Å²) in [7, 11) is 1.95.